The zero-order valence-electron chi connectivity index (χ0n) is 17.4. The van der Waals surface area contributed by atoms with Gasteiger partial charge in [-0.25, -0.2) is 13.1 Å². The number of fused-ring (bicyclic) bond motifs is 1. The molecule has 3 rings (SSSR count). The van der Waals surface area contributed by atoms with Gasteiger partial charge in [-0.05, 0) is 48.7 Å². The van der Waals surface area contributed by atoms with Crippen molar-refractivity contribution in [3.8, 4) is 11.5 Å². The van der Waals surface area contributed by atoms with Crippen molar-refractivity contribution < 1.29 is 22.7 Å². The van der Waals surface area contributed by atoms with Gasteiger partial charge >= 0.3 is 0 Å². The van der Waals surface area contributed by atoms with Gasteiger partial charge in [0, 0.05) is 18.7 Å². The van der Waals surface area contributed by atoms with E-state index in [4.69, 9.17) is 21.1 Å². The topological polar surface area (TPSA) is 93.7 Å². The standard InChI is InChI=1S/C22H25ClN2O5S/c1-15(2)25-31(27,28)14-18-6-4-3-5-17(18)13-24-21(26)8-7-16-11-19(23)22-20(12-16)29-9-10-30-22/h3-8,11-12,15,25H,9-10,13-14H2,1-2H3,(H,24,26)/b8-7+. The Morgan fingerprint density at radius 1 is 1.16 bits per heavy atom. The second-order valence-electron chi connectivity index (χ2n) is 7.38. The maximum absolute atomic E-state index is 12.3. The smallest absolute Gasteiger partial charge is 0.244 e. The SMILES string of the molecule is CC(C)NS(=O)(=O)Cc1ccccc1CNC(=O)/C=C/c1cc(Cl)c2c(c1)OCCO2. The molecule has 2 N–H and O–H groups in total. The van der Waals surface area contributed by atoms with E-state index in [0.29, 0.717) is 40.9 Å². The highest BCUT2D eigenvalue weighted by atomic mass is 35.5. The predicted molar refractivity (Wildman–Crippen MR) is 121 cm³/mol. The molecule has 0 unspecified atom stereocenters. The van der Waals surface area contributed by atoms with Crippen molar-refractivity contribution >= 4 is 33.6 Å². The third-order valence-electron chi connectivity index (χ3n) is 4.38. The summed E-state index contributed by atoms with van der Waals surface area (Å²) in [5.74, 6) is 0.587. The molecule has 0 atom stereocenters. The first-order chi connectivity index (χ1) is 14.7. The molecule has 31 heavy (non-hydrogen) atoms. The lowest BCUT2D eigenvalue weighted by Crippen LogP contribution is -2.31. The van der Waals surface area contributed by atoms with Crippen LogP contribution in [0.25, 0.3) is 6.08 Å². The molecular weight excluding hydrogens is 440 g/mol. The van der Waals surface area contributed by atoms with Crippen molar-refractivity contribution in [2.75, 3.05) is 13.2 Å². The second kappa shape index (κ2) is 10.2. The van der Waals surface area contributed by atoms with Crippen molar-refractivity contribution in [3.05, 3.63) is 64.2 Å². The Labute approximate surface area is 187 Å². The average Bonchev–Trinajstić information content (AvgIpc) is 2.70. The average molecular weight is 465 g/mol. The molecule has 0 bridgehead atoms. The molecule has 1 aliphatic heterocycles. The highest BCUT2D eigenvalue weighted by Crippen LogP contribution is 2.38. The third kappa shape index (κ3) is 6.72. The lowest BCUT2D eigenvalue weighted by atomic mass is 10.1. The minimum absolute atomic E-state index is 0.150. The second-order valence-corrected chi connectivity index (χ2v) is 9.54. The number of nitrogens with one attached hydrogen (secondary N) is 2. The van der Waals surface area contributed by atoms with Gasteiger partial charge in [0.15, 0.2) is 11.5 Å². The zero-order chi connectivity index (χ0) is 22.4. The lowest BCUT2D eigenvalue weighted by molar-refractivity contribution is -0.116. The summed E-state index contributed by atoms with van der Waals surface area (Å²) < 4.78 is 38.1. The molecular formula is C22H25ClN2O5S. The fourth-order valence-corrected chi connectivity index (χ4v) is 4.88. The van der Waals surface area contributed by atoms with Crippen molar-refractivity contribution in [2.24, 2.45) is 0 Å². The van der Waals surface area contributed by atoms with E-state index in [1.807, 2.05) is 0 Å². The van der Waals surface area contributed by atoms with E-state index < -0.39 is 10.0 Å². The van der Waals surface area contributed by atoms with E-state index >= 15 is 0 Å². The van der Waals surface area contributed by atoms with Gasteiger partial charge in [0.25, 0.3) is 0 Å². The summed E-state index contributed by atoms with van der Waals surface area (Å²) in [4.78, 5) is 12.3. The summed E-state index contributed by atoms with van der Waals surface area (Å²) in [6, 6.07) is 10.4. The van der Waals surface area contributed by atoms with Crippen molar-refractivity contribution in [1.82, 2.24) is 10.0 Å². The molecule has 2 aromatic rings. The normalized spacial score (nSPS) is 13.5. The minimum atomic E-state index is -3.46. The monoisotopic (exact) mass is 464 g/mol. The number of carbonyl (C=O) groups excluding carboxylic acids is 1. The van der Waals surface area contributed by atoms with Gasteiger partial charge in [0.2, 0.25) is 15.9 Å². The number of amides is 1. The van der Waals surface area contributed by atoms with Crippen LogP contribution >= 0.6 is 11.6 Å². The Morgan fingerprint density at radius 2 is 1.87 bits per heavy atom. The van der Waals surface area contributed by atoms with Crippen LogP contribution in [-0.4, -0.2) is 33.6 Å². The van der Waals surface area contributed by atoms with Crippen LogP contribution in [0.5, 0.6) is 11.5 Å². The van der Waals surface area contributed by atoms with Crippen LogP contribution in [0.3, 0.4) is 0 Å². The summed E-state index contributed by atoms with van der Waals surface area (Å²) in [5.41, 5.74) is 2.08. The number of benzene rings is 2. The maximum Gasteiger partial charge on any atom is 0.244 e. The summed E-state index contributed by atoms with van der Waals surface area (Å²) in [7, 11) is -3.46. The lowest BCUT2D eigenvalue weighted by Gasteiger charge is -2.19. The summed E-state index contributed by atoms with van der Waals surface area (Å²) in [5, 5.41) is 3.20. The number of ether oxygens (including phenoxy) is 2. The first-order valence-electron chi connectivity index (χ1n) is 9.85. The molecule has 0 spiro atoms. The Morgan fingerprint density at radius 3 is 2.61 bits per heavy atom. The quantitative estimate of drug-likeness (QED) is 0.585. The van der Waals surface area contributed by atoms with E-state index in [9.17, 15) is 13.2 Å². The Balaban J connectivity index is 1.63. The molecule has 9 heteroatoms. The molecule has 1 heterocycles. The van der Waals surface area contributed by atoms with Gasteiger partial charge in [0.05, 0.1) is 10.8 Å². The van der Waals surface area contributed by atoms with Crippen molar-refractivity contribution in [1.29, 1.82) is 0 Å². The van der Waals surface area contributed by atoms with Gasteiger partial charge in [0.1, 0.15) is 13.2 Å². The number of halogens is 1. The number of carbonyl (C=O) groups is 1. The van der Waals surface area contributed by atoms with Crippen LogP contribution in [0.1, 0.15) is 30.5 Å². The first-order valence-corrected chi connectivity index (χ1v) is 11.9. The van der Waals surface area contributed by atoms with E-state index in [-0.39, 0.29) is 24.2 Å². The highest BCUT2D eigenvalue weighted by molar-refractivity contribution is 7.88. The number of hydrogen-bond donors (Lipinski definition) is 2. The molecule has 0 saturated carbocycles. The van der Waals surface area contributed by atoms with Crippen LogP contribution < -0.4 is 19.5 Å². The highest BCUT2D eigenvalue weighted by Gasteiger charge is 2.17. The van der Waals surface area contributed by atoms with Gasteiger partial charge in [-0.3, -0.25) is 4.79 Å². The van der Waals surface area contributed by atoms with Crippen molar-refractivity contribution in [3.63, 3.8) is 0 Å². The van der Waals surface area contributed by atoms with Crippen molar-refractivity contribution in [2.45, 2.75) is 32.2 Å². The zero-order valence-corrected chi connectivity index (χ0v) is 18.9. The largest absolute Gasteiger partial charge is 0.486 e. The van der Waals surface area contributed by atoms with Gasteiger partial charge < -0.3 is 14.8 Å². The van der Waals surface area contributed by atoms with Gasteiger partial charge in [-0.1, -0.05) is 35.9 Å². The molecule has 0 fully saturated rings. The minimum Gasteiger partial charge on any atom is -0.486 e. The van der Waals surface area contributed by atoms with Gasteiger partial charge in [-0.2, -0.15) is 0 Å². The van der Waals surface area contributed by atoms with E-state index in [1.165, 1.54) is 6.08 Å². The van der Waals surface area contributed by atoms with Crippen LogP contribution in [0.15, 0.2) is 42.5 Å². The number of sulfonamides is 1. The molecule has 0 aromatic heterocycles. The Kier molecular flexibility index (Phi) is 7.59. The van der Waals surface area contributed by atoms with E-state index in [2.05, 4.69) is 10.0 Å². The Hall–Kier alpha value is -2.55. The summed E-state index contributed by atoms with van der Waals surface area (Å²) in [6.45, 7) is 4.63. The fraction of sp³-hybridized carbons (Fsp3) is 0.318. The van der Waals surface area contributed by atoms with Crippen LogP contribution in [0.2, 0.25) is 5.02 Å². The summed E-state index contributed by atoms with van der Waals surface area (Å²) >= 11 is 6.21. The van der Waals surface area contributed by atoms with E-state index in [1.54, 1.807) is 56.3 Å². The van der Waals surface area contributed by atoms with E-state index in [0.717, 1.165) is 5.56 Å². The van der Waals surface area contributed by atoms with Gasteiger partial charge in [-0.15, -0.1) is 0 Å². The molecule has 2 aromatic carbocycles. The first kappa shape index (κ1) is 23.1. The molecule has 1 aliphatic rings. The molecule has 1 amide bonds. The van der Waals surface area contributed by atoms with Crippen LogP contribution in [0.4, 0.5) is 0 Å². The molecule has 0 aliphatic carbocycles. The molecule has 0 saturated heterocycles. The maximum atomic E-state index is 12.3. The van der Waals surface area contributed by atoms with Crippen LogP contribution in [0, 0.1) is 0 Å². The predicted octanol–water partition coefficient (Wildman–Crippen LogP) is 3.27. The molecule has 166 valence electrons. The van der Waals surface area contributed by atoms with Crippen LogP contribution in [-0.2, 0) is 27.1 Å². The number of hydrogen-bond acceptors (Lipinski definition) is 5. The Bertz CT molecular complexity index is 1080. The summed E-state index contributed by atoms with van der Waals surface area (Å²) in [6.07, 6.45) is 3.02. The number of rotatable bonds is 8. The fourth-order valence-electron chi connectivity index (χ4n) is 3.12. The third-order valence-corrected chi connectivity index (χ3v) is 6.18. The molecule has 0 radical (unpaired) electrons. The molecule has 7 nitrogen and oxygen atoms in total.